The summed E-state index contributed by atoms with van der Waals surface area (Å²) in [7, 11) is 0. The Morgan fingerprint density at radius 2 is 1.10 bits per heavy atom. The highest BCUT2D eigenvalue weighted by atomic mass is 35.5. The first-order valence-electron chi connectivity index (χ1n) is 29.7. The van der Waals surface area contributed by atoms with E-state index in [1.54, 1.807) is 23.1 Å². The van der Waals surface area contributed by atoms with Crippen molar-refractivity contribution in [2.45, 2.75) is 68.2 Å². The maximum absolute atomic E-state index is 15.0. The maximum Gasteiger partial charge on any atom is 0.262 e. The third kappa shape index (κ3) is 9.96. The lowest BCUT2D eigenvalue weighted by Gasteiger charge is -2.24. The maximum atomic E-state index is 15.0. The van der Waals surface area contributed by atoms with Crippen molar-refractivity contribution in [3.05, 3.63) is 201 Å². The molecular weight excluding hydrogens is 1160 g/mol. The SMILES string of the molecule is CCOc1c(CON(CC)c2cccc(C)c2)cc2ccc3c4cc(Cl)ccc4n(CC)c3c2c1N=Nc1ccc2c(c1)C(=O)c1cc(N=Nc3c(OCC)c(C(=O)N(CC)c4ccccc4Cl)cc4ccc5c6cc(Cl)ccc6n(CC)c5c34)ccc1-2. The topological polar surface area (TPSA) is 128 Å². The van der Waals surface area contributed by atoms with E-state index in [2.05, 4.69) is 79.3 Å². The minimum absolute atomic E-state index is 0.190. The van der Waals surface area contributed by atoms with Crippen molar-refractivity contribution in [1.82, 2.24) is 9.13 Å². The molecule has 0 fully saturated rings. The highest BCUT2D eigenvalue weighted by molar-refractivity contribution is 6.35. The number of halogens is 3. The molecule has 0 unspecified atom stereocenters. The number of hydrogen-bond donors (Lipinski definition) is 0. The average molecular weight is 1220 g/mol. The minimum Gasteiger partial charge on any atom is -0.491 e. The van der Waals surface area contributed by atoms with Gasteiger partial charge in [-0.05, 0) is 173 Å². The van der Waals surface area contributed by atoms with Crippen molar-refractivity contribution in [1.29, 1.82) is 0 Å². The van der Waals surface area contributed by atoms with Crippen LogP contribution >= 0.6 is 34.8 Å². The Kier molecular flexibility index (Phi) is 15.7. The molecule has 2 aromatic heterocycles. The quantitative estimate of drug-likeness (QED) is 0.0622. The zero-order chi connectivity index (χ0) is 61.1. The first-order chi connectivity index (χ1) is 42.9. The Bertz CT molecular complexity index is 4910. The number of carbonyl (C=O) groups is 2. The Balaban J connectivity index is 0.906. The molecule has 13 rings (SSSR count). The van der Waals surface area contributed by atoms with Gasteiger partial charge in [-0.25, -0.2) is 0 Å². The number of fused-ring (bicyclic) bond motifs is 13. The first-order valence-corrected chi connectivity index (χ1v) is 30.9. The van der Waals surface area contributed by atoms with E-state index in [0.717, 1.165) is 93.1 Å². The summed E-state index contributed by atoms with van der Waals surface area (Å²) in [5, 5.41) is 30.9. The molecule has 0 saturated heterocycles. The molecule has 440 valence electrons. The van der Waals surface area contributed by atoms with Crippen LogP contribution < -0.4 is 19.4 Å². The number of azo groups is 2. The van der Waals surface area contributed by atoms with Gasteiger partial charge in [0.15, 0.2) is 17.3 Å². The average Bonchev–Trinajstić information content (AvgIpc) is 1.54. The molecule has 0 atom stereocenters. The van der Waals surface area contributed by atoms with Crippen LogP contribution in [0.2, 0.25) is 15.1 Å². The zero-order valence-electron chi connectivity index (χ0n) is 49.7. The second kappa shape index (κ2) is 23.9. The summed E-state index contributed by atoms with van der Waals surface area (Å²) < 4.78 is 17.7. The normalized spacial score (nSPS) is 12.3. The van der Waals surface area contributed by atoms with Crippen molar-refractivity contribution in [3.63, 3.8) is 0 Å². The number of aromatic nitrogens is 2. The van der Waals surface area contributed by atoms with Gasteiger partial charge >= 0.3 is 0 Å². The first kappa shape index (κ1) is 57.9. The molecule has 0 aliphatic heterocycles. The van der Waals surface area contributed by atoms with Crippen molar-refractivity contribution < 1.29 is 23.9 Å². The molecule has 0 radical (unpaired) electrons. The summed E-state index contributed by atoms with van der Waals surface area (Å²) in [6.07, 6.45) is 0. The predicted molar refractivity (Wildman–Crippen MR) is 359 cm³/mol. The number of para-hydroxylation sites is 1. The molecule has 10 aromatic carbocycles. The lowest BCUT2D eigenvalue weighted by molar-refractivity contribution is 0.0953. The van der Waals surface area contributed by atoms with Gasteiger partial charge in [-0.3, -0.25) is 19.5 Å². The number of anilines is 2. The smallest absolute Gasteiger partial charge is 0.262 e. The van der Waals surface area contributed by atoms with Crippen LogP contribution in [0.5, 0.6) is 11.5 Å². The monoisotopic (exact) mass is 1220 g/mol. The molecule has 2 heterocycles. The molecule has 1 aliphatic rings. The van der Waals surface area contributed by atoms with Crippen LogP contribution in [0.25, 0.3) is 76.3 Å². The van der Waals surface area contributed by atoms with Gasteiger partial charge in [0, 0.05) is 96.3 Å². The van der Waals surface area contributed by atoms with E-state index in [1.165, 1.54) is 0 Å². The van der Waals surface area contributed by atoms with E-state index < -0.39 is 0 Å². The van der Waals surface area contributed by atoms with E-state index in [1.807, 2.05) is 123 Å². The zero-order valence-corrected chi connectivity index (χ0v) is 52.0. The Morgan fingerprint density at radius 1 is 0.534 bits per heavy atom. The fourth-order valence-corrected chi connectivity index (χ4v) is 13.3. The lowest BCUT2D eigenvalue weighted by atomic mass is 9.99. The number of amides is 1. The van der Waals surface area contributed by atoms with Gasteiger partial charge in [0.2, 0.25) is 0 Å². The van der Waals surface area contributed by atoms with Crippen LogP contribution in [0.1, 0.15) is 78.9 Å². The van der Waals surface area contributed by atoms with Gasteiger partial charge < -0.3 is 23.5 Å². The molecular formula is C72H61Cl3N8O5. The number of nitrogens with zero attached hydrogens (tertiary/aromatic N) is 8. The lowest BCUT2D eigenvalue weighted by Crippen LogP contribution is -2.31. The van der Waals surface area contributed by atoms with E-state index in [4.69, 9.17) is 69.6 Å². The van der Waals surface area contributed by atoms with E-state index >= 15 is 4.79 Å². The third-order valence-corrected chi connectivity index (χ3v) is 17.3. The number of hydroxylamine groups is 1. The Morgan fingerprint density at radius 3 is 1.65 bits per heavy atom. The van der Waals surface area contributed by atoms with Crippen molar-refractivity contribution in [3.8, 4) is 22.6 Å². The fraction of sp³-hybridized carbons (Fsp3) is 0.194. The molecule has 88 heavy (non-hydrogen) atoms. The van der Waals surface area contributed by atoms with E-state index in [-0.39, 0.29) is 30.7 Å². The van der Waals surface area contributed by atoms with Crippen molar-refractivity contribution in [2.24, 2.45) is 20.5 Å². The molecule has 0 N–H and O–H groups in total. The van der Waals surface area contributed by atoms with Gasteiger partial charge in [0.1, 0.15) is 18.0 Å². The summed E-state index contributed by atoms with van der Waals surface area (Å²) in [5.41, 5.74) is 11.9. The van der Waals surface area contributed by atoms with Crippen LogP contribution in [-0.4, -0.2) is 47.1 Å². The molecule has 0 saturated carbocycles. The predicted octanol–water partition coefficient (Wildman–Crippen LogP) is 21.0. The molecule has 16 heteroatoms. The van der Waals surface area contributed by atoms with Gasteiger partial charge in [0.05, 0.1) is 57.6 Å². The highest BCUT2D eigenvalue weighted by Gasteiger charge is 2.31. The second-order valence-electron chi connectivity index (χ2n) is 21.6. The molecule has 0 spiro atoms. The summed E-state index contributed by atoms with van der Waals surface area (Å²) in [6.45, 7) is 17.1. The van der Waals surface area contributed by atoms with Crippen molar-refractivity contribution >= 4 is 146 Å². The summed E-state index contributed by atoms with van der Waals surface area (Å²) in [4.78, 5) is 38.1. The highest BCUT2D eigenvalue weighted by Crippen LogP contribution is 2.50. The number of aryl methyl sites for hydroxylation is 3. The number of ketones is 1. The van der Waals surface area contributed by atoms with Crippen LogP contribution in [-0.2, 0) is 24.5 Å². The van der Waals surface area contributed by atoms with Gasteiger partial charge in [-0.1, -0.05) is 95.5 Å². The van der Waals surface area contributed by atoms with Crippen LogP contribution in [0.3, 0.4) is 0 Å². The van der Waals surface area contributed by atoms with Gasteiger partial charge in [-0.15, -0.1) is 10.2 Å². The third-order valence-electron chi connectivity index (χ3n) is 16.5. The number of benzene rings is 10. The fourth-order valence-electron chi connectivity index (χ4n) is 12.7. The molecule has 13 nitrogen and oxygen atoms in total. The van der Waals surface area contributed by atoms with Gasteiger partial charge in [-0.2, -0.15) is 10.2 Å². The number of hydrogen-bond acceptors (Lipinski definition) is 10. The largest absolute Gasteiger partial charge is 0.491 e. The van der Waals surface area contributed by atoms with E-state index in [9.17, 15) is 4.79 Å². The second-order valence-corrected chi connectivity index (χ2v) is 22.9. The molecule has 1 aliphatic carbocycles. The van der Waals surface area contributed by atoms with Crippen LogP contribution in [0, 0.1) is 6.92 Å². The molecule has 12 aromatic rings. The van der Waals surface area contributed by atoms with Gasteiger partial charge in [0.25, 0.3) is 5.91 Å². The summed E-state index contributed by atoms with van der Waals surface area (Å²) in [5.74, 6) is 0.304. The molecule has 1 amide bonds. The Hall–Kier alpha value is -9.11. The minimum atomic E-state index is -0.317. The summed E-state index contributed by atoms with van der Waals surface area (Å²) >= 11 is 20.0. The van der Waals surface area contributed by atoms with Crippen LogP contribution in [0.15, 0.2) is 178 Å². The summed E-state index contributed by atoms with van der Waals surface area (Å²) in [6, 6.07) is 50.7. The standard InChI is InChI=1S/C72H61Cl3N8O5/c1-8-80-60-31-23-45(73)36-54(60)52-27-21-42-34-44(40-88-83(11-4)49-18-16-17-41(7)33-49)70(86-12-5)65(63(42)67(52)80)78-76-47-25-29-50-51-30-26-48(39-57(51)69(84)56(50)38-47)77-79-66-64-43(22-28-53-55-37-46(74)24-32-61(55)81(9-2)68(53)64)35-58(71(66)87-13-6)72(85)82(10-3)62-20-15-14-19-59(62)75/h14-39H,8-13,40H2,1-7H3. The van der Waals surface area contributed by atoms with Crippen LogP contribution in [0.4, 0.5) is 34.1 Å². The number of carbonyl (C=O) groups excluding carboxylic acids is 2. The number of ether oxygens (including phenoxy) is 2. The Labute approximate surface area is 523 Å². The van der Waals surface area contributed by atoms with Crippen molar-refractivity contribution in [2.75, 3.05) is 36.3 Å². The van der Waals surface area contributed by atoms with E-state index in [0.29, 0.717) is 98.7 Å². The molecule has 0 bridgehead atoms. The number of rotatable bonds is 18.